The van der Waals surface area contributed by atoms with Gasteiger partial charge in [-0.15, -0.1) is 0 Å². The van der Waals surface area contributed by atoms with Crippen LogP contribution in [0.25, 0.3) is 11.5 Å². The molecule has 0 radical (unpaired) electrons. The highest BCUT2D eigenvalue weighted by Crippen LogP contribution is 2.15. The Morgan fingerprint density at radius 2 is 2.06 bits per heavy atom. The molecule has 1 N–H and O–H groups in total. The molecule has 0 aliphatic heterocycles. The molecule has 0 saturated carbocycles. The van der Waals surface area contributed by atoms with Crippen LogP contribution in [0.1, 0.15) is 5.82 Å². The molecule has 0 spiro atoms. The van der Waals surface area contributed by atoms with Gasteiger partial charge in [-0.1, -0.05) is 23.4 Å². The largest absolute Gasteiger partial charge is 0.334 e. The van der Waals surface area contributed by atoms with E-state index in [1.807, 2.05) is 30.3 Å². The van der Waals surface area contributed by atoms with E-state index in [9.17, 15) is 4.21 Å². The van der Waals surface area contributed by atoms with Crippen LogP contribution < -0.4 is 0 Å². The van der Waals surface area contributed by atoms with Crippen molar-refractivity contribution in [3.05, 3.63) is 36.2 Å². The molecule has 2 aromatic rings. The summed E-state index contributed by atoms with van der Waals surface area (Å²) in [5, 5.41) is 4.67. The molecule has 0 saturated heterocycles. The standard InChI is InChI=1S/C10H10N2O3S/c1-16(13,14)7-9-11-10(15-12-9)8-5-3-2-4-6-8/h2-7H,1H3,(H,13,14). The summed E-state index contributed by atoms with van der Waals surface area (Å²) in [7, 11) is -3.01. The Morgan fingerprint density at radius 3 is 2.69 bits per heavy atom. The van der Waals surface area contributed by atoms with Crippen LogP contribution in [0.15, 0.2) is 34.9 Å². The molecule has 1 aromatic heterocycles. The average Bonchev–Trinajstić information content (AvgIpc) is 2.65. The van der Waals surface area contributed by atoms with E-state index in [4.69, 9.17) is 9.08 Å². The Labute approximate surface area is 93.0 Å². The van der Waals surface area contributed by atoms with Crippen molar-refractivity contribution in [1.82, 2.24) is 10.1 Å². The van der Waals surface area contributed by atoms with Crippen molar-refractivity contribution in [1.29, 1.82) is 0 Å². The number of aromatic nitrogens is 2. The Kier molecular flexibility index (Phi) is 2.76. The second-order valence-electron chi connectivity index (χ2n) is 3.30. The summed E-state index contributed by atoms with van der Waals surface area (Å²) < 4.78 is 25.1. The van der Waals surface area contributed by atoms with E-state index in [0.717, 1.165) is 10.9 Å². The zero-order valence-corrected chi connectivity index (χ0v) is 9.35. The van der Waals surface area contributed by atoms with Gasteiger partial charge in [0.15, 0.2) is 0 Å². The Bertz CT molecular complexity index is 590. The van der Waals surface area contributed by atoms with Gasteiger partial charge in [-0.05, 0) is 12.1 Å². The molecule has 1 atom stereocenters. The molecule has 0 amide bonds. The van der Waals surface area contributed by atoms with Crippen LogP contribution in [0, 0.1) is 0 Å². The van der Waals surface area contributed by atoms with Crippen LogP contribution >= 0.6 is 0 Å². The first-order valence-corrected chi connectivity index (χ1v) is 6.49. The second-order valence-corrected chi connectivity index (χ2v) is 5.26. The SMILES string of the molecule is CS(=O)(O)=Cc1noc(-c2ccccc2)n1. The molecule has 5 nitrogen and oxygen atoms in total. The molecule has 6 heteroatoms. The minimum absolute atomic E-state index is 0.119. The molecule has 0 aliphatic rings. The third-order valence-electron chi connectivity index (χ3n) is 1.79. The van der Waals surface area contributed by atoms with Gasteiger partial charge in [0.2, 0.25) is 5.82 Å². The van der Waals surface area contributed by atoms with E-state index < -0.39 is 9.80 Å². The molecule has 1 heterocycles. The van der Waals surface area contributed by atoms with E-state index in [1.54, 1.807) is 0 Å². The summed E-state index contributed by atoms with van der Waals surface area (Å²) in [6.07, 6.45) is 1.19. The summed E-state index contributed by atoms with van der Waals surface area (Å²) in [6.45, 7) is 0. The number of benzene rings is 1. The van der Waals surface area contributed by atoms with Gasteiger partial charge in [0, 0.05) is 11.8 Å². The lowest BCUT2D eigenvalue weighted by molar-refractivity contribution is 0.429. The van der Waals surface area contributed by atoms with Gasteiger partial charge >= 0.3 is 0 Å². The minimum atomic E-state index is -3.01. The van der Waals surface area contributed by atoms with Gasteiger partial charge in [0.25, 0.3) is 5.89 Å². The third kappa shape index (κ3) is 2.68. The molecule has 84 valence electrons. The van der Waals surface area contributed by atoms with Crippen LogP contribution in [-0.4, -0.2) is 30.5 Å². The van der Waals surface area contributed by atoms with Crippen LogP contribution in [0.3, 0.4) is 0 Å². The van der Waals surface area contributed by atoms with Crippen molar-refractivity contribution in [2.24, 2.45) is 0 Å². The van der Waals surface area contributed by atoms with Crippen molar-refractivity contribution in [2.45, 2.75) is 0 Å². The van der Waals surface area contributed by atoms with E-state index in [-0.39, 0.29) is 5.82 Å². The van der Waals surface area contributed by atoms with Gasteiger partial charge in [-0.2, -0.15) is 4.98 Å². The minimum Gasteiger partial charge on any atom is -0.334 e. The van der Waals surface area contributed by atoms with E-state index in [1.165, 1.54) is 6.26 Å². The normalized spacial score (nSPS) is 14.4. The van der Waals surface area contributed by atoms with Crippen LogP contribution in [0.2, 0.25) is 0 Å². The highest BCUT2D eigenvalue weighted by molar-refractivity contribution is 7.95. The first-order valence-electron chi connectivity index (χ1n) is 4.50. The highest BCUT2D eigenvalue weighted by atomic mass is 32.2. The predicted molar refractivity (Wildman–Crippen MR) is 61.6 cm³/mol. The quantitative estimate of drug-likeness (QED) is 0.797. The fourth-order valence-electron chi connectivity index (χ4n) is 1.18. The topological polar surface area (TPSA) is 76.2 Å². The van der Waals surface area contributed by atoms with Crippen LogP contribution in [0.5, 0.6) is 0 Å². The maximum absolute atomic E-state index is 11.1. The molecule has 0 bridgehead atoms. The molecule has 2 rings (SSSR count). The Morgan fingerprint density at radius 1 is 1.38 bits per heavy atom. The molecule has 16 heavy (non-hydrogen) atoms. The third-order valence-corrected chi connectivity index (χ3v) is 2.43. The number of hydrogen-bond donors (Lipinski definition) is 1. The second kappa shape index (κ2) is 4.07. The van der Waals surface area contributed by atoms with Gasteiger partial charge < -0.3 is 9.08 Å². The van der Waals surface area contributed by atoms with Crippen molar-refractivity contribution >= 4 is 15.2 Å². The Balaban J connectivity index is 2.38. The summed E-state index contributed by atoms with van der Waals surface area (Å²) >= 11 is 0. The molecular formula is C10H10N2O3S. The lowest BCUT2D eigenvalue weighted by Gasteiger charge is -1.90. The molecule has 1 unspecified atom stereocenters. The van der Waals surface area contributed by atoms with Gasteiger partial charge in [-0.25, -0.2) is 4.21 Å². The zero-order valence-electron chi connectivity index (χ0n) is 8.53. The first-order chi connectivity index (χ1) is 7.54. The van der Waals surface area contributed by atoms with E-state index >= 15 is 0 Å². The number of nitrogens with zero attached hydrogens (tertiary/aromatic N) is 2. The average molecular weight is 238 g/mol. The smallest absolute Gasteiger partial charge is 0.258 e. The number of rotatable bonds is 2. The summed E-state index contributed by atoms with van der Waals surface area (Å²) in [6, 6.07) is 9.20. The van der Waals surface area contributed by atoms with Gasteiger partial charge in [0.05, 0.1) is 15.2 Å². The maximum Gasteiger partial charge on any atom is 0.258 e. The number of hydrogen-bond acceptors (Lipinski definition) is 4. The summed E-state index contributed by atoms with van der Waals surface area (Å²) in [4.78, 5) is 3.99. The first kappa shape index (κ1) is 10.8. The molecule has 0 fully saturated rings. The molecule has 1 aromatic carbocycles. The zero-order chi connectivity index (χ0) is 11.6. The van der Waals surface area contributed by atoms with Crippen LogP contribution in [-0.2, 0) is 9.80 Å². The lowest BCUT2D eigenvalue weighted by atomic mass is 10.2. The fourth-order valence-corrected chi connectivity index (χ4v) is 1.66. The molecular weight excluding hydrogens is 228 g/mol. The van der Waals surface area contributed by atoms with Gasteiger partial charge in [0.1, 0.15) is 0 Å². The molecule has 0 aliphatic carbocycles. The van der Waals surface area contributed by atoms with Gasteiger partial charge in [-0.3, -0.25) is 0 Å². The lowest BCUT2D eigenvalue weighted by Crippen LogP contribution is -2.00. The van der Waals surface area contributed by atoms with Crippen molar-refractivity contribution in [3.63, 3.8) is 0 Å². The van der Waals surface area contributed by atoms with Crippen molar-refractivity contribution in [3.8, 4) is 11.5 Å². The predicted octanol–water partition coefficient (Wildman–Crippen LogP) is 1.27. The van der Waals surface area contributed by atoms with Crippen LogP contribution in [0.4, 0.5) is 0 Å². The highest BCUT2D eigenvalue weighted by Gasteiger charge is 2.07. The van der Waals surface area contributed by atoms with Crippen molar-refractivity contribution in [2.75, 3.05) is 6.26 Å². The Hall–Kier alpha value is -1.66. The summed E-state index contributed by atoms with van der Waals surface area (Å²) in [5.74, 6) is 0.448. The fraction of sp³-hybridized carbons (Fsp3) is 0.100. The van der Waals surface area contributed by atoms with E-state index in [0.29, 0.717) is 5.89 Å². The maximum atomic E-state index is 11.1. The monoisotopic (exact) mass is 238 g/mol. The van der Waals surface area contributed by atoms with Crippen molar-refractivity contribution < 1.29 is 13.3 Å². The van der Waals surface area contributed by atoms with E-state index in [2.05, 4.69) is 10.1 Å². The summed E-state index contributed by atoms with van der Waals surface area (Å²) in [5.41, 5.74) is 0.773.